The van der Waals surface area contributed by atoms with Crippen molar-refractivity contribution in [2.24, 2.45) is 23.7 Å². The maximum absolute atomic E-state index is 2.64. The molecule has 4 fully saturated rings. The first kappa shape index (κ1) is 20.1. The van der Waals surface area contributed by atoms with Gasteiger partial charge in [0.15, 0.2) is 0 Å². The Balaban J connectivity index is 1.26. The molecule has 35 heavy (non-hydrogen) atoms. The van der Waals surface area contributed by atoms with Gasteiger partial charge in [0.25, 0.3) is 0 Å². The van der Waals surface area contributed by atoms with Crippen molar-refractivity contribution in [2.45, 2.75) is 43.9 Å². The summed E-state index contributed by atoms with van der Waals surface area (Å²) in [6.07, 6.45) is 8.28. The number of rotatable bonds is 3. The van der Waals surface area contributed by atoms with Crippen molar-refractivity contribution in [3.63, 3.8) is 0 Å². The van der Waals surface area contributed by atoms with E-state index in [9.17, 15) is 0 Å². The number of fused-ring (bicyclic) bond motifs is 3. The van der Waals surface area contributed by atoms with Crippen LogP contribution in [0.1, 0.15) is 54.4 Å². The highest BCUT2D eigenvalue weighted by Crippen LogP contribution is 2.69. The third-order valence-corrected chi connectivity index (χ3v) is 10.1. The van der Waals surface area contributed by atoms with Gasteiger partial charge in [-0.2, -0.15) is 0 Å². The average Bonchev–Trinajstić information content (AvgIpc) is 3.18. The maximum atomic E-state index is 2.64. The Labute approximate surface area is 209 Å². The van der Waals surface area contributed by atoms with E-state index in [1.54, 1.807) is 11.1 Å². The minimum atomic E-state index is 0.258. The molecule has 5 aliphatic carbocycles. The van der Waals surface area contributed by atoms with Crippen molar-refractivity contribution in [2.75, 3.05) is 0 Å². The topological polar surface area (TPSA) is 0 Å². The highest BCUT2D eigenvalue weighted by Gasteiger charge is 2.61. The highest BCUT2D eigenvalue weighted by molar-refractivity contribution is 5.82. The fourth-order valence-electron chi connectivity index (χ4n) is 9.10. The number of hydrogen-bond acceptors (Lipinski definition) is 0. The van der Waals surface area contributed by atoms with Gasteiger partial charge in [0, 0.05) is 5.41 Å². The van der Waals surface area contributed by atoms with E-state index in [-0.39, 0.29) is 5.41 Å². The van der Waals surface area contributed by atoms with Gasteiger partial charge in [0.2, 0.25) is 0 Å². The van der Waals surface area contributed by atoms with Gasteiger partial charge in [-0.1, -0.05) is 97.1 Å². The van der Waals surface area contributed by atoms with Crippen LogP contribution in [-0.2, 0) is 11.8 Å². The average molecular weight is 453 g/mol. The van der Waals surface area contributed by atoms with E-state index >= 15 is 0 Å². The zero-order valence-electron chi connectivity index (χ0n) is 20.3. The van der Waals surface area contributed by atoms with Gasteiger partial charge >= 0.3 is 0 Å². The zero-order valence-corrected chi connectivity index (χ0v) is 20.3. The van der Waals surface area contributed by atoms with Crippen molar-refractivity contribution in [1.29, 1.82) is 0 Å². The van der Waals surface area contributed by atoms with E-state index in [1.165, 1.54) is 65.5 Å². The van der Waals surface area contributed by atoms with Gasteiger partial charge < -0.3 is 0 Å². The third-order valence-electron chi connectivity index (χ3n) is 10.1. The lowest BCUT2D eigenvalue weighted by atomic mass is 9.43. The Morgan fingerprint density at radius 2 is 1.17 bits per heavy atom. The fourth-order valence-corrected chi connectivity index (χ4v) is 9.10. The summed E-state index contributed by atoms with van der Waals surface area (Å²) in [4.78, 5) is 0. The lowest BCUT2D eigenvalue weighted by Crippen LogP contribution is -2.55. The van der Waals surface area contributed by atoms with E-state index in [2.05, 4.69) is 97.1 Å². The van der Waals surface area contributed by atoms with Crippen LogP contribution < -0.4 is 0 Å². The van der Waals surface area contributed by atoms with Crippen LogP contribution in [-0.4, -0.2) is 0 Å². The number of benzene rings is 4. The quantitative estimate of drug-likeness (QED) is 0.292. The molecule has 4 bridgehead atoms. The van der Waals surface area contributed by atoms with Crippen LogP contribution in [0.25, 0.3) is 22.3 Å². The van der Waals surface area contributed by atoms with Crippen molar-refractivity contribution in [3.8, 4) is 22.3 Å². The molecule has 0 nitrogen and oxygen atoms in total. The second kappa shape index (κ2) is 7.44. The van der Waals surface area contributed by atoms with Gasteiger partial charge in [-0.25, -0.2) is 0 Å². The Bertz CT molecular complexity index is 1400. The highest BCUT2D eigenvalue weighted by atomic mass is 14.6. The van der Waals surface area contributed by atoms with Crippen LogP contribution in [0.3, 0.4) is 0 Å². The summed E-state index contributed by atoms with van der Waals surface area (Å²) in [7, 11) is 0. The van der Waals surface area contributed by atoms with Crippen LogP contribution in [0, 0.1) is 23.7 Å². The Morgan fingerprint density at radius 1 is 0.543 bits per heavy atom. The molecule has 0 aromatic heterocycles. The molecule has 4 saturated carbocycles. The van der Waals surface area contributed by atoms with Gasteiger partial charge in [-0.15, -0.1) is 0 Å². The van der Waals surface area contributed by atoms with E-state index < -0.39 is 0 Å². The Hall–Kier alpha value is -3.12. The molecule has 0 amide bonds. The van der Waals surface area contributed by atoms with Crippen molar-refractivity contribution < 1.29 is 0 Å². The van der Waals surface area contributed by atoms with E-state index in [4.69, 9.17) is 0 Å². The normalized spacial score (nSPS) is 29.4. The van der Waals surface area contributed by atoms with Crippen LogP contribution in [0.15, 0.2) is 97.1 Å². The summed E-state index contributed by atoms with van der Waals surface area (Å²) < 4.78 is 0. The second-order valence-corrected chi connectivity index (χ2v) is 11.8. The molecule has 4 aromatic carbocycles. The van der Waals surface area contributed by atoms with Crippen LogP contribution in [0.2, 0.25) is 0 Å². The zero-order chi connectivity index (χ0) is 23.0. The SMILES string of the molecule is c1ccc(-c2ccccc2Cc2ccc3c(c2)C2(c4ccccc4-3)C3CC4CC(C3)CC2C4)cc1. The van der Waals surface area contributed by atoms with Crippen LogP contribution in [0.5, 0.6) is 0 Å². The van der Waals surface area contributed by atoms with Crippen molar-refractivity contribution >= 4 is 0 Å². The molecule has 0 saturated heterocycles. The predicted molar refractivity (Wildman–Crippen MR) is 144 cm³/mol. The van der Waals surface area contributed by atoms with Gasteiger partial charge in [-0.3, -0.25) is 0 Å². The second-order valence-electron chi connectivity index (χ2n) is 11.8. The molecule has 0 atom stereocenters. The lowest BCUT2D eigenvalue weighted by Gasteiger charge is -2.61. The van der Waals surface area contributed by atoms with Gasteiger partial charge in [0.05, 0.1) is 0 Å². The standard InChI is InChI=1S/C35H32/c1-2-8-26(9-3-1)30-11-5-4-10-27(30)17-23-14-15-32-31-12-6-7-13-33(31)35(34(32)22-23)28-18-24-16-25(20-28)21-29(35)19-24/h1-15,22,24-25,28-29H,16-21H2. The molecule has 172 valence electrons. The molecule has 1 spiro atoms. The molecule has 9 rings (SSSR count). The molecular weight excluding hydrogens is 420 g/mol. The summed E-state index contributed by atoms with van der Waals surface area (Å²) >= 11 is 0. The summed E-state index contributed by atoms with van der Waals surface area (Å²) in [6.45, 7) is 0. The van der Waals surface area contributed by atoms with Crippen LogP contribution in [0.4, 0.5) is 0 Å². The first-order valence-electron chi connectivity index (χ1n) is 13.7. The molecule has 5 aliphatic rings. The van der Waals surface area contributed by atoms with E-state index in [0.717, 1.165) is 30.1 Å². The molecule has 0 heteroatoms. The van der Waals surface area contributed by atoms with E-state index in [0.29, 0.717) is 0 Å². The van der Waals surface area contributed by atoms with Gasteiger partial charge in [-0.05, 0) is 107 Å². The maximum Gasteiger partial charge on any atom is 0.0272 e. The molecule has 0 radical (unpaired) electrons. The predicted octanol–water partition coefficient (Wildman–Crippen LogP) is 8.67. The first-order valence-corrected chi connectivity index (χ1v) is 13.7. The lowest BCUT2D eigenvalue weighted by molar-refractivity contribution is -0.0399. The Kier molecular flexibility index (Phi) is 4.27. The van der Waals surface area contributed by atoms with Crippen molar-refractivity contribution in [1.82, 2.24) is 0 Å². The molecule has 0 unspecified atom stereocenters. The summed E-state index contributed by atoms with van der Waals surface area (Å²) in [5.74, 6) is 3.63. The number of hydrogen-bond donors (Lipinski definition) is 0. The monoisotopic (exact) mass is 452 g/mol. The Morgan fingerprint density at radius 3 is 1.94 bits per heavy atom. The largest absolute Gasteiger partial charge is 0.0622 e. The smallest absolute Gasteiger partial charge is 0.0272 e. The molecular formula is C35H32. The molecule has 4 aromatic rings. The minimum absolute atomic E-state index is 0.258. The molecule has 0 N–H and O–H groups in total. The summed E-state index contributed by atoms with van der Waals surface area (Å²) in [5.41, 5.74) is 12.2. The van der Waals surface area contributed by atoms with Gasteiger partial charge in [0.1, 0.15) is 0 Å². The van der Waals surface area contributed by atoms with Crippen molar-refractivity contribution in [3.05, 3.63) is 119 Å². The third kappa shape index (κ3) is 2.80. The first-order chi connectivity index (χ1) is 17.3. The minimum Gasteiger partial charge on any atom is -0.0622 e. The summed E-state index contributed by atoms with van der Waals surface area (Å²) in [5, 5.41) is 0. The fraction of sp³-hybridized carbons (Fsp3) is 0.314. The summed E-state index contributed by atoms with van der Waals surface area (Å²) in [6, 6.07) is 36.8. The molecule has 0 heterocycles. The molecule has 0 aliphatic heterocycles. The van der Waals surface area contributed by atoms with E-state index in [1.807, 2.05) is 0 Å². The van der Waals surface area contributed by atoms with Crippen LogP contribution >= 0.6 is 0 Å².